The first-order chi connectivity index (χ1) is 39.5. The largest absolute Gasteiger partial charge is 0.462 e. The van der Waals surface area contributed by atoms with Crippen molar-refractivity contribution in [1.82, 2.24) is 0 Å². The summed E-state index contributed by atoms with van der Waals surface area (Å²) in [6.07, 6.45) is 85.1. The summed E-state index contributed by atoms with van der Waals surface area (Å²) in [5, 5.41) is 0. The number of allylic oxidation sites excluding steroid dienone is 4. The lowest BCUT2D eigenvalue weighted by Gasteiger charge is -2.18. The highest BCUT2D eigenvalue weighted by atomic mass is 16.6. The van der Waals surface area contributed by atoms with Crippen molar-refractivity contribution >= 4 is 17.9 Å². The Balaban J connectivity index is 4.14. The van der Waals surface area contributed by atoms with E-state index in [1.807, 2.05) is 0 Å². The number of unbranched alkanes of at least 4 members (excludes halogenated alkanes) is 53. The summed E-state index contributed by atoms with van der Waals surface area (Å²) in [5.74, 6) is -0.843. The predicted octanol–water partition coefficient (Wildman–Crippen LogP) is 25.0. The Morgan fingerprint density at radius 3 is 0.625 bits per heavy atom. The fourth-order valence-corrected chi connectivity index (χ4v) is 11.2. The van der Waals surface area contributed by atoms with E-state index in [-0.39, 0.29) is 31.1 Å². The zero-order valence-electron chi connectivity index (χ0n) is 54.4. The Kier molecular flexibility index (Phi) is 67.6. The summed E-state index contributed by atoms with van der Waals surface area (Å²) in [7, 11) is 0. The van der Waals surface area contributed by atoms with Crippen molar-refractivity contribution in [2.24, 2.45) is 0 Å². The number of rotatable bonds is 68. The Hall–Kier alpha value is -2.11. The molecule has 0 radical (unpaired) electrons. The molecule has 0 aromatic heterocycles. The maximum atomic E-state index is 12.9. The van der Waals surface area contributed by atoms with Crippen LogP contribution < -0.4 is 0 Å². The minimum Gasteiger partial charge on any atom is -0.462 e. The molecule has 6 heteroatoms. The van der Waals surface area contributed by atoms with Gasteiger partial charge in [-0.1, -0.05) is 347 Å². The third kappa shape index (κ3) is 66.7. The molecule has 0 aromatic carbocycles. The molecule has 0 aliphatic carbocycles. The van der Waals surface area contributed by atoms with Gasteiger partial charge in [-0.25, -0.2) is 0 Å². The standard InChI is InChI=1S/C74H140O6/c1-4-7-10-13-16-19-22-25-28-30-31-32-33-34-35-36-37-38-39-40-41-42-43-44-47-49-52-55-58-61-64-67-73(76)79-70-71(69-78-72(75)66-63-60-57-54-51-48-45-27-24-21-18-15-12-9-6-3)80-74(77)68-65-62-59-56-53-50-46-29-26-23-20-17-14-11-8-5-2/h27,30-31,45,71H,4-26,28-29,32-44,46-70H2,1-3H3/b31-30-,45-27-. The van der Waals surface area contributed by atoms with Crippen LogP contribution in [-0.4, -0.2) is 37.2 Å². The molecular weight excluding hydrogens is 985 g/mol. The molecular formula is C74H140O6. The Labute approximate surface area is 500 Å². The van der Waals surface area contributed by atoms with Gasteiger partial charge < -0.3 is 14.2 Å². The molecule has 0 amide bonds. The topological polar surface area (TPSA) is 78.9 Å². The van der Waals surface area contributed by atoms with Gasteiger partial charge in [0.15, 0.2) is 6.10 Å². The van der Waals surface area contributed by atoms with E-state index in [0.29, 0.717) is 19.3 Å². The van der Waals surface area contributed by atoms with Gasteiger partial charge in [-0.3, -0.25) is 14.4 Å². The van der Waals surface area contributed by atoms with E-state index in [0.717, 1.165) is 64.2 Å². The normalized spacial score (nSPS) is 12.1. The summed E-state index contributed by atoms with van der Waals surface area (Å²) in [5.41, 5.74) is 0. The minimum absolute atomic E-state index is 0.0672. The average Bonchev–Trinajstić information content (AvgIpc) is 3.46. The lowest BCUT2D eigenvalue weighted by Crippen LogP contribution is -2.30. The first kappa shape index (κ1) is 77.9. The Morgan fingerprint density at radius 2 is 0.412 bits per heavy atom. The van der Waals surface area contributed by atoms with Crippen molar-refractivity contribution < 1.29 is 28.6 Å². The van der Waals surface area contributed by atoms with E-state index in [1.165, 1.54) is 308 Å². The monoisotopic (exact) mass is 1130 g/mol. The maximum absolute atomic E-state index is 12.9. The molecule has 1 atom stereocenters. The molecule has 0 bridgehead atoms. The number of esters is 3. The highest BCUT2D eigenvalue weighted by molar-refractivity contribution is 5.71. The molecule has 0 spiro atoms. The second-order valence-electron chi connectivity index (χ2n) is 24.9. The van der Waals surface area contributed by atoms with E-state index < -0.39 is 6.10 Å². The number of carbonyl (C=O) groups is 3. The van der Waals surface area contributed by atoms with Gasteiger partial charge in [0.25, 0.3) is 0 Å². The van der Waals surface area contributed by atoms with Gasteiger partial charge in [-0.15, -0.1) is 0 Å². The van der Waals surface area contributed by atoms with Crippen molar-refractivity contribution in [2.45, 2.75) is 419 Å². The molecule has 0 saturated carbocycles. The summed E-state index contributed by atoms with van der Waals surface area (Å²) in [6, 6.07) is 0. The quantitative estimate of drug-likeness (QED) is 0.0261. The van der Waals surface area contributed by atoms with E-state index in [4.69, 9.17) is 14.2 Å². The van der Waals surface area contributed by atoms with Crippen LogP contribution >= 0.6 is 0 Å². The lowest BCUT2D eigenvalue weighted by molar-refractivity contribution is -0.167. The molecule has 0 rings (SSSR count). The summed E-state index contributed by atoms with van der Waals surface area (Å²) in [6.45, 7) is 6.71. The molecule has 0 aliphatic rings. The number of hydrogen-bond donors (Lipinski definition) is 0. The van der Waals surface area contributed by atoms with Gasteiger partial charge in [0.2, 0.25) is 0 Å². The number of hydrogen-bond acceptors (Lipinski definition) is 6. The van der Waals surface area contributed by atoms with Crippen molar-refractivity contribution in [3.8, 4) is 0 Å². The van der Waals surface area contributed by atoms with Crippen molar-refractivity contribution in [3.05, 3.63) is 24.3 Å². The zero-order chi connectivity index (χ0) is 57.8. The molecule has 80 heavy (non-hydrogen) atoms. The van der Waals surface area contributed by atoms with Crippen molar-refractivity contribution in [3.63, 3.8) is 0 Å². The molecule has 472 valence electrons. The van der Waals surface area contributed by atoms with Crippen LogP contribution in [-0.2, 0) is 28.6 Å². The highest BCUT2D eigenvalue weighted by Gasteiger charge is 2.19. The van der Waals surface area contributed by atoms with Crippen LogP contribution in [0.5, 0.6) is 0 Å². The van der Waals surface area contributed by atoms with E-state index in [2.05, 4.69) is 45.1 Å². The highest BCUT2D eigenvalue weighted by Crippen LogP contribution is 2.19. The number of ether oxygens (including phenoxy) is 3. The maximum Gasteiger partial charge on any atom is 0.306 e. The molecule has 6 nitrogen and oxygen atoms in total. The fraction of sp³-hybridized carbons (Fsp3) is 0.905. The molecule has 1 unspecified atom stereocenters. The molecule has 0 aliphatic heterocycles. The van der Waals surface area contributed by atoms with Crippen LogP contribution in [0, 0.1) is 0 Å². The molecule has 0 heterocycles. The van der Waals surface area contributed by atoms with Gasteiger partial charge in [-0.2, -0.15) is 0 Å². The van der Waals surface area contributed by atoms with E-state index >= 15 is 0 Å². The van der Waals surface area contributed by atoms with Crippen molar-refractivity contribution in [2.75, 3.05) is 13.2 Å². The number of carbonyl (C=O) groups excluding carboxylic acids is 3. The first-order valence-corrected chi connectivity index (χ1v) is 36.3. The molecule has 0 saturated heterocycles. The van der Waals surface area contributed by atoms with Crippen LogP contribution in [0.2, 0.25) is 0 Å². The van der Waals surface area contributed by atoms with E-state index in [1.54, 1.807) is 0 Å². The van der Waals surface area contributed by atoms with Crippen LogP contribution in [0.3, 0.4) is 0 Å². The van der Waals surface area contributed by atoms with Gasteiger partial charge in [0, 0.05) is 19.3 Å². The van der Waals surface area contributed by atoms with Crippen molar-refractivity contribution in [1.29, 1.82) is 0 Å². The van der Waals surface area contributed by atoms with Crippen LogP contribution in [0.4, 0.5) is 0 Å². The van der Waals surface area contributed by atoms with Gasteiger partial charge >= 0.3 is 17.9 Å². The predicted molar refractivity (Wildman–Crippen MR) is 349 cm³/mol. The smallest absolute Gasteiger partial charge is 0.306 e. The Morgan fingerprint density at radius 1 is 0.237 bits per heavy atom. The fourth-order valence-electron chi connectivity index (χ4n) is 11.2. The van der Waals surface area contributed by atoms with Gasteiger partial charge in [0.1, 0.15) is 13.2 Å². The summed E-state index contributed by atoms with van der Waals surface area (Å²) < 4.78 is 17.0. The summed E-state index contributed by atoms with van der Waals surface area (Å²) >= 11 is 0. The van der Waals surface area contributed by atoms with E-state index in [9.17, 15) is 14.4 Å². The van der Waals surface area contributed by atoms with Crippen LogP contribution in [0.1, 0.15) is 412 Å². The van der Waals surface area contributed by atoms with Crippen LogP contribution in [0.15, 0.2) is 24.3 Å². The zero-order valence-corrected chi connectivity index (χ0v) is 54.4. The average molecular weight is 1130 g/mol. The summed E-state index contributed by atoms with van der Waals surface area (Å²) in [4.78, 5) is 38.4. The molecule has 0 N–H and O–H groups in total. The second kappa shape index (κ2) is 69.4. The van der Waals surface area contributed by atoms with Crippen LogP contribution in [0.25, 0.3) is 0 Å². The lowest BCUT2D eigenvalue weighted by atomic mass is 10.0. The second-order valence-corrected chi connectivity index (χ2v) is 24.9. The Bertz CT molecular complexity index is 1290. The molecule has 0 aromatic rings. The molecule has 0 fully saturated rings. The third-order valence-corrected chi connectivity index (χ3v) is 16.7. The first-order valence-electron chi connectivity index (χ1n) is 36.3. The third-order valence-electron chi connectivity index (χ3n) is 16.7. The minimum atomic E-state index is -0.771. The van der Waals surface area contributed by atoms with Gasteiger partial charge in [-0.05, 0) is 70.6 Å². The SMILES string of the molecule is CCCCCCCC/C=C\CCCCCCCC(=O)OCC(COC(=O)CCCCCCCCCCCCCCCCCCCCC/C=C\CCCCCCCCCC)OC(=O)CCCCCCCCCCCCCCCCCC. The van der Waals surface area contributed by atoms with Gasteiger partial charge in [0.05, 0.1) is 0 Å².